The molecular formula is C17H20BrClF2N2O3. The van der Waals surface area contributed by atoms with E-state index in [0.717, 1.165) is 4.90 Å². The van der Waals surface area contributed by atoms with Crippen LogP contribution < -0.4 is 5.32 Å². The van der Waals surface area contributed by atoms with Gasteiger partial charge in [-0.1, -0.05) is 27.5 Å². The maximum Gasteiger partial charge on any atom is 0.411 e. The summed E-state index contributed by atoms with van der Waals surface area (Å²) in [6.45, 7) is 4.69. The molecule has 1 N–H and O–H groups in total. The summed E-state index contributed by atoms with van der Waals surface area (Å²) in [6, 6.07) is 1.88. The standard InChI is InChI=1S/C17H20BrClF2N2O3/c1-17(2,3)26-16(25)23-8-11(20)6-13(23)15(24)22-7-9-4-10(18)5-12(19)14(9)21/h4-5,11,13H,6-8H2,1-3H3,(H,22,24)/t11-,13+/m1/s1. The fourth-order valence-corrected chi connectivity index (χ4v) is 3.47. The molecule has 0 spiro atoms. The molecule has 5 nitrogen and oxygen atoms in total. The Morgan fingerprint density at radius 2 is 2.08 bits per heavy atom. The number of benzene rings is 1. The van der Waals surface area contributed by atoms with E-state index in [9.17, 15) is 18.4 Å². The van der Waals surface area contributed by atoms with Crippen LogP contribution in [0.3, 0.4) is 0 Å². The van der Waals surface area contributed by atoms with E-state index in [4.69, 9.17) is 16.3 Å². The molecule has 0 aromatic heterocycles. The van der Waals surface area contributed by atoms with Crippen LogP contribution in [0.15, 0.2) is 16.6 Å². The Hall–Kier alpha value is -1.41. The van der Waals surface area contributed by atoms with Crippen molar-refractivity contribution in [1.29, 1.82) is 0 Å². The van der Waals surface area contributed by atoms with Crippen molar-refractivity contribution >= 4 is 39.5 Å². The first-order valence-electron chi connectivity index (χ1n) is 8.02. The molecule has 1 aliphatic heterocycles. The van der Waals surface area contributed by atoms with Crippen molar-refractivity contribution in [3.63, 3.8) is 0 Å². The number of amides is 2. The van der Waals surface area contributed by atoms with Crippen molar-refractivity contribution in [1.82, 2.24) is 10.2 Å². The first-order valence-corrected chi connectivity index (χ1v) is 9.20. The number of hydrogen-bond acceptors (Lipinski definition) is 3. The first-order chi connectivity index (χ1) is 12.0. The molecule has 0 bridgehead atoms. The van der Waals surface area contributed by atoms with Crippen LogP contribution in [-0.4, -0.2) is 41.3 Å². The third kappa shape index (κ3) is 5.30. The largest absolute Gasteiger partial charge is 0.444 e. The summed E-state index contributed by atoms with van der Waals surface area (Å²) in [7, 11) is 0. The second-order valence-corrected chi connectivity index (χ2v) is 8.38. The van der Waals surface area contributed by atoms with E-state index in [-0.39, 0.29) is 30.1 Å². The Kier molecular flexibility index (Phi) is 6.50. The molecule has 1 saturated heterocycles. The Balaban J connectivity index is 2.06. The molecule has 1 heterocycles. The number of carbonyl (C=O) groups excluding carboxylic acids is 2. The normalized spacial score (nSPS) is 20.2. The van der Waals surface area contributed by atoms with Gasteiger partial charge in [0.05, 0.1) is 11.6 Å². The highest BCUT2D eigenvalue weighted by Gasteiger charge is 2.41. The van der Waals surface area contributed by atoms with Crippen LogP contribution in [0.25, 0.3) is 0 Å². The van der Waals surface area contributed by atoms with E-state index >= 15 is 0 Å². The number of likely N-dealkylation sites (tertiary alicyclic amines) is 1. The van der Waals surface area contributed by atoms with E-state index in [1.54, 1.807) is 20.8 Å². The highest BCUT2D eigenvalue weighted by molar-refractivity contribution is 9.10. The SMILES string of the molecule is CC(C)(C)OC(=O)N1C[C@H](F)C[C@H]1C(=O)NCc1cc(Br)cc(Cl)c1F. The summed E-state index contributed by atoms with van der Waals surface area (Å²) in [5.41, 5.74) is -0.584. The topological polar surface area (TPSA) is 58.6 Å². The number of rotatable bonds is 3. The van der Waals surface area contributed by atoms with Gasteiger partial charge in [-0.25, -0.2) is 13.6 Å². The van der Waals surface area contributed by atoms with Gasteiger partial charge in [-0.05, 0) is 32.9 Å². The van der Waals surface area contributed by atoms with Gasteiger partial charge in [-0.2, -0.15) is 0 Å². The second kappa shape index (κ2) is 8.08. The minimum atomic E-state index is -1.32. The van der Waals surface area contributed by atoms with Gasteiger partial charge in [0.2, 0.25) is 5.91 Å². The fourth-order valence-electron chi connectivity index (χ4n) is 2.59. The molecule has 1 fully saturated rings. The predicted molar refractivity (Wildman–Crippen MR) is 97.2 cm³/mol. The van der Waals surface area contributed by atoms with Gasteiger partial charge in [0.1, 0.15) is 23.6 Å². The summed E-state index contributed by atoms with van der Waals surface area (Å²) >= 11 is 8.97. The average Bonchev–Trinajstić information content (AvgIpc) is 2.89. The molecule has 0 aliphatic carbocycles. The van der Waals surface area contributed by atoms with Gasteiger partial charge in [0, 0.05) is 23.0 Å². The van der Waals surface area contributed by atoms with E-state index < -0.39 is 35.6 Å². The van der Waals surface area contributed by atoms with E-state index in [1.807, 2.05) is 0 Å². The zero-order valence-corrected chi connectivity index (χ0v) is 17.0. The van der Waals surface area contributed by atoms with Crippen LogP contribution in [0.4, 0.5) is 13.6 Å². The monoisotopic (exact) mass is 452 g/mol. The Labute approximate surface area is 164 Å². The number of nitrogens with one attached hydrogen (secondary N) is 1. The number of halogens is 4. The van der Waals surface area contributed by atoms with Crippen molar-refractivity contribution in [3.05, 3.63) is 33.0 Å². The van der Waals surface area contributed by atoms with Crippen LogP contribution in [0.2, 0.25) is 5.02 Å². The van der Waals surface area contributed by atoms with Gasteiger partial charge in [0.15, 0.2) is 0 Å². The molecule has 26 heavy (non-hydrogen) atoms. The van der Waals surface area contributed by atoms with E-state index in [1.165, 1.54) is 12.1 Å². The zero-order valence-electron chi connectivity index (χ0n) is 14.6. The Morgan fingerprint density at radius 1 is 1.42 bits per heavy atom. The smallest absolute Gasteiger partial charge is 0.411 e. The third-order valence-corrected chi connectivity index (χ3v) is 4.43. The van der Waals surface area contributed by atoms with Crippen LogP contribution in [0.1, 0.15) is 32.8 Å². The summed E-state index contributed by atoms with van der Waals surface area (Å²) in [6.07, 6.45) is -2.21. The predicted octanol–water partition coefficient (Wildman–Crippen LogP) is 4.21. The lowest BCUT2D eigenvalue weighted by Gasteiger charge is -2.27. The molecule has 0 radical (unpaired) electrons. The molecule has 0 unspecified atom stereocenters. The minimum Gasteiger partial charge on any atom is -0.444 e. The number of ether oxygens (including phenoxy) is 1. The van der Waals surface area contributed by atoms with E-state index in [0.29, 0.717) is 4.47 Å². The molecule has 2 atom stereocenters. The summed E-state index contributed by atoms with van der Waals surface area (Å²) in [5.74, 6) is -1.22. The Bertz CT molecular complexity index is 712. The van der Waals surface area contributed by atoms with Crippen LogP contribution in [0.5, 0.6) is 0 Å². The van der Waals surface area contributed by atoms with Gasteiger partial charge < -0.3 is 10.1 Å². The first kappa shape index (κ1) is 20.9. The summed E-state index contributed by atoms with van der Waals surface area (Å²) in [4.78, 5) is 25.7. The van der Waals surface area contributed by atoms with Crippen molar-refractivity contribution < 1.29 is 23.1 Å². The zero-order chi connectivity index (χ0) is 19.6. The van der Waals surface area contributed by atoms with Gasteiger partial charge in [0.25, 0.3) is 0 Å². The molecule has 1 aromatic carbocycles. The molecule has 9 heteroatoms. The maximum atomic E-state index is 14.0. The lowest BCUT2D eigenvalue weighted by molar-refractivity contribution is -0.125. The van der Waals surface area contributed by atoms with Crippen LogP contribution in [-0.2, 0) is 16.1 Å². The van der Waals surface area contributed by atoms with Gasteiger partial charge >= 0.3 is 6.09 Å². The highest BCUT2D eigenvalue weighted by atomic mass is 79.9. The van der Waals surface area contributed by atoms with E-state index in [2.05, 4.69) is 21.2 Å². The number of alkyl halides is 1. The van der Waals surface area contributed by atoms with Crippen LogP contribution >= 0.6 is 27.5 Å². The van der Waals surface area contributed by atoms with Crippen molar-refractivity contribution in [2.24, 2.45) is 0 Å². The molecule has 1 aliphatic rings. The molecule has 2 amide bonds. The van der Waals surface area contributed by atoms with Crippen molar-refractivity contribution in [2.45, 2.75) is 51.6 Å². The highest BCUT2D eigenvalue weighted by Crippen LogP contribution is 2.26. The fraction of sp³-hybridized carbons (Fsp3) is 0.529. The summed E-state index contributed by atoms with van der Waals surface area (Å²) in [5, 5.41) is 2.45. The van der Waals surface area contributed by atoms with Crippen molar-refractivity contribution in [3.8, 4) is 0 Å². The maximum absolute atomic E-state index is 14.0. The lowest BCUT2D eigenvalue weighted by Crippen LogP contribution is -2.47. The molecule has 1 aromatic rings. The minimum absolute atomic E-state index is 0.0799. The number of nitrogens with zero attached hydrogens (tertiary/aromatic N) is 1. The number of carbonyl (C=O) groups is 2. The van der Waals surface area contributed by atoms with Gasteiger partial charge in [-0.3, -0.25) is 9.69 Å². The third-order valence-electron chi connectivity index (χ3n) is 3.70. The summed E-state index contributed by atoms with van der Waals surface area (Å²) < 4.78 is 33.6. The average molecular weight is 454 g/mol. The molecular weight excluding hydrogens is 434 g/mol. The second-order valence-electron chi connectivity index (χ2n) is 7.06. The quantitative estimate of drug-likeness (QED) is 0.698. The lowest BCUT2D eigenvalue weighted by atomic mass is 10.1. The van der Waals surface area contributed by atoms with Crippen molar-refractivity contribution in [2.75, 3.05) is 6.54 Å². The van der Waals surface area contributed by atoms with Crippen LogP contribution in [0, 0.1) is 5.82 Å². The number of hydrogen-bond donors (Lipinski definition) is 1. The Morgan fingerprint density at radius 3 is 2.69 bits per heavy atom. The van der Waals surface area contributed by atoms with Gasteiger partial charge in [-0.15, -0.1) is 0 Å². The molecule has 144 valence electrons. The molecule has 2 rings (SSSR count). The molecule has 0 saturated carbocycles.